The first-order valence-electron chi connectivity index (χ1n) is 5.28. The summed E-state index contributed by atoms with van der Waals surface area (Å²) in [6.45, 7) is 0. The molecule has 0 amide bonds. The van der Waals surface area contributed by atoms with Crippen LogP contribution in [0.5, 0.6) is 0 Å². The maximum Gasteiger partial charge on any atom is 0.134 e. The molecule has 0 aromatic heterocycles. The average Bonchev–Trinajstić information content (AvgIpc) is 2.17. The molecule has 1 aliphatic rings. The molecule has 0 radical (unpaired) electrons. The fraction of sp³-hybridized carbons (Fsp3) is 0.417. The second-order valence-corrected chi connectivity index (χ2v) is 4.42. The second-order valence-electron chi connectivity index (χ2n) is 3.99. The lowest BCUT2D eigenvalue weighted by Crippen LogP contribution is -2.27. The van der Waals surface area contributed by atoms with Gasteiger partial charge >= 0.3 is 0 Å². The molecule has 1 N–H and O–H groups in total. The van der Waals surface area contributed by atoms with E-state index >= 15 is 0 Å². The molecule has 0 spiro atoms. The number of ketones is 1. The van der Waals surface area contributed by atoms with Crippen LogP contribution in [-0.4, -0.2) is 11.8 Å². The third-order valence-electron chi connectivity index (χ3n) is 2.68. The van der Waals surface area contributed by atoms with Crippen molar-refractivity contribution in [2.24, 2.45) is 0 Å². The summed E-state index contributed by atoms with van der Waals surface area (Å²) >= 11 is 5.88. The van der Waals surface area contributed by atoms with Gasteiger partial charge in [-0.1, -0.05) is 17.7 Å². The van der Waals surface area contributed by atoms with Crippen LogP contribution in [0.3, 0.4) is 0 Å². The van der Waals surface area contributed by atoms with Gasteiger partial charge in [-0.3, -0.25) is 4.79 Å². The molecule has 1 aromatic rings. The number of hydrogen-bond acceptors (Lipinski definition) is 2. The zero-order chi connectivity index (χ0) is 10.7. The molecule has 0 bridgehead atoms. The predicted octanol–water partition coefficient (Wildman–Crippen LogP) is 3.26. The van der Waals surface area contributed by atoms with Crippen LogP contribution in [0, 0.1) is 0 Å². The molecule has 15 heavy (non-hydrogen) atoms. The van der Waals surface area contributed by atoms with Crippen LogP contribution in [0.25, 0.3) is 0 Å². The Hall–Kier alpha value is -1.02. The lowest BCUT2D eigenvalue weighted by molar-refractivity contribution is -0.120. The summed E-state index contributed by atoms with van der Waals surface area (Å²) in [5.41, 5.74) is 1.00. The van der Waals surface area contributed by atoms with E-state index in [9.17, 15) is 4.79 Å². The van der Waals surface area contributed by atoms with Gasteiger partial charge in [0.2, 0.25) is 0 Å². The molecule has 2 nitrogen and oxygen atoms in total. The third-order valence-corrected chi connectivity index (χ3v) is 2.91. The molecule has 3 heteroatoms. The molecule has 1 fully saturated rings. The Bertz CT molecular complexity index is 364. The first-order valence-corrected chi connectivity index (χ1v) is 5.65. The van der Waals surface area contributed by atoms with Crippen molar-refractivity contribution in [3.8, 4) is 0 Å². The van der Waals surface area contributed by atoms with Gasteiger partial charge in [-0.2, -0.15) is 0 Å². The minimum atomic E-state index is 0.282. The monoisotopic (exact) mass is 223 g/mol. The molecule has 0 saturated heterocycles. The SMILES string of the molecule is O=C1CCCC(Nc2cccc(Cl)c2)C1. The maximum absolute atomic E-state index is 11.3. The van der Waals surface area contributed by atoms with Crippen LogP contribution in [0.15, 0.2) is 24.3 Å². The highest BCUT2D eigenvalue weighted by molar-refractivity contribution is 6.30. The van der Waals surface area contributed by atoms with E-state index in [0.717, 1.165) is 30.0 Å². The fourth-order valence-electron chi connectivity index (χ4n) is 1.96. The van der Waals surface area contributed by atoms with Crippen LogP contribution >= 0.6 is 11.6 Å². The number of nitrogens with one attached hydrogen (secondary N) is 1. The number of carbonyl (C=O) groups excluding carboxylic acids is 1. The number of benzene rings is 1. The van der Waals surface area contributed by atoms with E-state index in [-0.39, 0.29) is 6.04 Å². The van der Waals surface area contributed by atoms with Crippen molar-refractivity contribution < 1.29 is 4.79 Å². The van der Waals surface area contributed by atoms with Crippen molar-refractivity contribution in [2.75, 3.05) is 5.32 Å². The summed E-state index contributed by atoms with van der Waals surface area (Å²) in [5, 5.41) is 4.07. The van der Waals surface area contributed by atoms with Gasteiger partial charge in [0.15, 0.2) is 0 Å². The molecule has 1 aliphatic carbocycles. The van der Waals surface area contributed by atoms with Crippen LogP contribution in [0.4, 0.5) is 5.69 Å². The lowest BCUT2D eigenvalue weighted by atomic mass is 9.94. The summed E-state index contributed by atoms with van der Waals surface area (Å²) in [6.07, 6.45) is 3.45. The van der Waals surface area contributed by atoms with Crippen LogP contribution in [0.2, 0.25) is 5.02 Å². The highest BCUT2D eigenvalue weighted by Crippen LogP contribution is 2.21. The van der Waals surface area contributed by atoms with Gasteiger partial charge < -0.3 is 5.32 Å². The van der Waals surface area contributed by atoms with Gasteiger partial charge in [0, 0.05) is 29.6 Å². The highest BCUT2D eigenvalue weighted by atomic mass is 35.5. The van der Waals surface area contributed by atoms with Crippen molar-refractivity contribution in [1.29, 1.82) is 0 Å². The zero-order valence-corrected chi connectivity index (χ0v) is 9.26. The van der Waals surface area contributed by atoms with E-state index < -0.39 is 0 Å². The predicted molar refractivity (Wildman–Crippen MR) is 62.3 cm³/mol. The third kappa shape index (κ3) is 2.96. The summed E-state index contributed by atoms with van der Waals surface area (Å²) in [6, 6.07) is 7.91. The molecular weight excluding hydrogens is 210 g/mol. The van der Waals surface area contributed by atoms with Crippen LogP contribution in [0.1, 0.15) is 25.7 Å². The van der Waals surface area contributed by atoms with Gasteiger partial charge in [-0.15, -0.1) is 0 Å². The van der Waals surface area contributed by atoms with E-state index in [1.807, 2.05) is 24.3 Å². The van der Waals surface area contributed by atoms with Crippen molar-refractivity contribution >= 4 is 23.1 Å². The molecule has 1 atom stereocenters. The first kappa shape index (κ1) is 10.5. The van der Waals surface area contributed by atoms with Gasteiger partial charge in [0.1, 0.15) is 5.78 Å². The number of carbonyl (C=O) groups is 1. The molecule has 1 aromatic carbocycles. The standard InChI is InChI=1S/C12H14ClNO/c13-9-3-1-4-10(7-9)14-11-5-2-6-12(15)8-11/h1,3-4,7,11,14H,2,5-6,8H2. The highest BCUT2D eigenvalue weighted by Gasteiger charge is 2.18. The minimum absolute atomic E-state index is 0.282. The van der Waals surface area contributed by atoms with Crippen molar-refractivity contribution in [2.45, 2.75) is 31.7 Å². The average molecular weight is 224 g/mol. The summed E-state index contributed by atoms with van der Waals surface area (Å²) in [4.78, 5) is 11.3. The molecule has 80 valence electrons. The largest absolute Gasteiger partial charge is 0.382 e. The van der Waals surface area contributed by atoms with Gasteiger partial charge in [0.25, 0.3) is 0 Å². The Morgan fingerprint density at radius 1 is 1.40 bits per heavy atom. The first-order chi connectivity index (χ1) is 7.24. The second kappa shape index (κ2) is 4.67. The summed E-state index contributed by atoms with van der Waals surface area (Å²) in [5.74, 6) is 0.362. The number of anilines is 1. The summed E-state index contributed by atoms with van der Waals surface area (Å²) in [7, 11) is 0. The van der Waals surface area contributed by atoms with Crippen LogP contribution in [-0.2, 0) is 4.79 Å². The van der Waals surface area contributed by atoms with Crippen molar-refractivity contribution in [1.82, 2.24) is 0 Å². The zero-order valence-electron chi connectivity index (χ0n) is 8.50. The number of rotatable bonds is 2. The molecule has 1 unspecified atom stereocenters. The van der Waals surface area contributed by atoms with E-state index in [1.165, 1.54) is 0 Å². The van der Waals surface area contributed by atoms with Crippen molar-refractivity contribution in [3.05, 3.63) is 29.3 Å². The Morgan fingerprint density at radius 3 is 3.00 bits per heavy atom. The summed E-state index contributed by atoms with van der Waals surface area (Å²) < 4.78 is 0. The molecular formula is C12H14ClNO. The Kier molecular flexibility index (Phi) is 3.27. The number of hydrogen-bond donors (Lipinski definition) is 1. The Balaban J connectivity index is 1.99. The smallest absolute Gasteiger partial charge is 0.134 e. The number of halogens is 1. The van der Waals surface area contributed by atoms with Crippen molar-refractivity contribution in [3.63, 3.8) is 0 Å². The van der Waals surface area contributed by atoms with E-state index in [2.05, 4.69) is 5.32 Å². The van der Waals surface area contributed by atoms with E-state index in [1.54, 1.807) is 0 Å². The topological polar surface area (TPSA) is 29.1 Å². The van der Waals surface area contributed by atoms with E-state index in [0.29, 0.717) is 12.2 Å². The molecule has 1 saturated carbocycles. The molecule has 0 aliphatic heterocycles. The normalized spacial score (nSPS) is 21.4. The lowest BCUT2D eigenvalue weighted by Gasteiger charge is -2.23. The Morgan fingerprint density at radius 2 is 2.27 bits per heavy atom. The molecule has 2 rings (SSSR count). The fourth-order valence-corrected chi connectivity index (χ4v) is 2.15. The van der Waals surface area contributed by atoms with Crippen LogP contribution < -0.4 is 5.32 Å². The molecule has 0 heterocycles. The van der Waals surface area contributed by atoms with Gasteiger partial charge in [-0.05, 0) is 31.0 Å². The van der Waals surface area contributed by atoms with E-state index in [4.69, 9.17) is 11.6 Å². The quantitative estimate of drug-likeness (QED) is 0.834. The maximum atomic E-state index is 11.3. The van der Waals surface area contributed by atoms with Gasteiger partial charge in [-0.25, -0.2) is 0 Å². The van der Waals surface area contributed by atoms with Gasteiger partial charge in [0.05, 0.1) is 0 Å². The minimum Gasteiger partial charge on any atom is -0.382 e. The number of Topliss-reactive ketones (excluding diaryl/α,β-unsaturated/α-hetero) is 1. The Labute approximate surface area is 94.6 Å².